The summed E-state index contributed by atoms with van der Waals surface area (Å²) in [6.45, 7) is 1.74. The Balaban J connectivity index is 2.55. The summed E-state index contributed by atoms with van der Waals surface area (Å²) in [6, 6.07) is 0. The Bertz CT molecular complexity index is 113. The molecule has 1 rings (SSSR count). The minimum Gasteiger partial charge on any atom is -0.226 e. The van der Waals surface area contributed by atoms with Crippen LogP contribution < -0.4 is 0 Å². The van der Waals surface area contributed by atoms with Crippen molar-refractivity contribution in [3.8, 4) is 0 Å². The van der Waals surface area contributed by atoms with Crippen LogP contribution in [0.4, 0.5) is 4.39 Å². The van der Waals surface area contributed by atoms with Gasteiger partial charge in [-0.15, -0.1) is 11.6 Å². The zero-order valence-corrected chi connectivity index (χ0v) is 6.06. The molecule has 0 amide bonds. The lowest BCUT2D eigenvalue weighted by Gasteiger charge is -2.02. The highest BCUT2D eigenvalue weighted by atomic mass is 35.5. The first-order chi connectivity index (χ1) is 3.52. The monoisotopic (exact) mass is 156 g/mol. The van der Waals surface area contributed by atoms with Gasteiger partial charge in [-0.3, -0.25) is 0 Å². The zero-order valence-electron chi connectivity index (χ0n) is 4.55. The highest BCUT2D eigenvalue weighted by Crippen LogP contribution is 2.62. The van der Waals surface area contributed by atoms with Crippen molar-refractivity contribution in [1.82, 2.24) is 0 Å². The molecule has 0 heterocycles. The van der Waals surface area contributed by atoms with E-state index in [9.17, 15) is 4.39 Å². The van der Waals surface area contributed by atoms with E-state index in [2.05, 4.69) is 0 Å². The predicted molar refractivity (Wildman–Crippen MR) is 33.1 cm³/mol. The third-order valence-corrected chi connectivity index (χ3v) is 2.84. The van der Waals surface area contributed by atoms with Gasteiger partial charge in [0.05, 0.1) is 0 Å². The van der Waals surface area contributed by atoms with Crippen LogP contribution >= 0.6 is 23.2 Å². The van der Waals surface area contributed by atoms with E-state index >= 15 is 0 Å². The first-order valence-electron chi connectivity index (χ1n) is 2.46. The molecule has 0 aliphatic heterocycles. The normalized spacial score (nSPS) is 54.0. The van der Waals surface area contributed by atoms with E-state index in [1.165, 1.54) is 0 Å². The molecule has 1 aliphatic carbocycles. The molecule has 0 aromatic heterocycles. The summed E-state index contributed by atoms with van der Waals surface area (Å²) < 4.78 is 12.5. The largest absolute Gasteiger partial charge is 0.226 e. The van der Waals surface area contributed by atoms with Crippen LogP contribution in [0.1, 0.15) is 13.3 Å². The number of halogens is 3. The smallest absolute Gasteiger partial charge is 0.190 e. The van der Waals surface area contributed by atoms with E-state index in [1.807, 2.05) is 0 Å². The van der Waals surface area contributed by atoms with Crippen molar-refractivity contribution in [2.24, 2.45) is 5.41 Å². The van der Waals surface area contributed by atoms with Gasteiger partial charge in [-0.2, -0.15) is 0 Å². The molecule has 1 aliphatic rings. The van der Waals surface area contributed by atoms with Crippen molar-refractivity contribution in [2.45, 2.75) is 18.5 Å². The lowest BCUT2D eigenvalue weighted by atomic mass is 10.2. The maximum Gasteiger partial charge on any atom is 0.190 e. The van der Waals surface area contributed by atoms with Gasteiger partial charge >= 0.3 is 0 Å². The highest BCUT2D eigenvalue weighted by molar-refractivity contribution is 6.27. The van der Waals surface area contributed by atoms with Crippen LogP contribution in [0.5, 0.6) is 0 Å². The molecule has 3 heteroatoms. The average Bonchev–Trinajstić information content (AvgIpc) is 2.10. The predicted octanol–water partition coefficient (Wildman–Crippen LogP) is 2.54. The quantitative estimate of drug-likeness (QED) is 0.513. The molecule has 0 bridgehead atoms. The van der Waals surface area contributed by atoms with Crippen molar-refractivity contribution < 1.29 is 4.39 Å². The summed E-state index contributed by atoms with van der Waals surface area (Å²) in [6.07, 6.45) is 0.394. The number of hydrogen-bond donors (Lipinski definition) is 0. The summed E-state index contributed by atoms with van der Waals surface area (Å²) in [7, 11) is 0. The number of alkyl halides is 3. The molecule has 48 valence electrons. The van der Waals surface area contributed by atoms with Crippen LogP contribution in [0, 0.1) is 5.41 Å². The van der Waals surface area contributed by atoms with Crippen LogP contribution in [-0.2, 0) is 0 Å². The van der Waals surface area contributed by atoms with Gasteiger partial charge < -0.3 is 0 Å². The maximum absolute atomic E-state index is 12.5. The molecule has 0 spiro atoms. The van der Waals surface area contributed by atoms with Crippen LogP contribution in [0.3, 0.4) is 0 Å². The molecule has 0 radical (unpaired) electrons. The Morgan fingerprint density at radius 2 is 2.12 bits per heavy atom. The fourth-order valence-corrected chi connectivity index (χ4v) is 1.33. The molecule has 0 saturated heterocycles. The number of rotatable bonds is 1. The van der Waals surface area contributed by atoms with Crippen molar-refractivity contribution in [2.75, 3.05) is 5.88 Å². The lowest BCUT2D eigenvalue weighted by molar-refractivity contribution is 0.353. The second-order valence-electron chi connectivity index (χ2n) is 2.58. The summed E-state index contributed by atoms with van der Waals surface area (Å²) >= 11 is 10.7. The Morgan fingerprint density at radius 3 is 2.12 bits per heavy atom. The van der Waals surface area contributed by atoms with Gasteiger partial charge in [0, 0.05) is 17.7 Å². The third-order valence-electron chi connectivity index (χ3n) is 1.67. The minimum absolute atomic E-state index is 0.313. The number of hydrogen-bond acceptors (Lipinski definition) is 0. The lowest BCUT2D eigenvalue weighted by Crippen LogP contribution is -2.05. The van der Waals surface area contributed by atoms with Crippen LogP contribution in [0.25, 0.3) is 0 Å². The van der Waals surface area contributed by atoms with Gasteiger partial charge in [0.25, 0.3) is 0 Å². The van der Waals surface area contributed by atoms with E-state index in [0.717, 1.165) is 0 Å². The van der Waals surface area contributed by atoms with Crippen molar-refractivity contribution >= 4 is 23.2 Å². The molecule has 0 aromatic rings. The summed E-state index contributed by atoms with van der Waals surface area (Å²) in [4.78, 5) is 0. The van der Waals surface area contributed by atoms with E-state index in [4.69, 9.17) is 23.2 Å². The zero-order chi connectivity index (χ0) is 6.41. The average molecular weight is 157 g/mol. The second-order valence-corrected chi connectivity index (χ2v) is 3.44. The van der Waals surface area contributed by atoms with Gasteiger partial charge in [-0.05, 0) is 0 Å². The van der Waals surface area contributed by atoms with E-state index in [-0.39, 0.29) is 0 Å². The Labute approximate surface area is 58.0 Å². The van der Waals surface area contributed by atoms with Gasteiger partial charge in [0.1, 0.15) is 0 Å². The minimum atomic E-state index is -1.51. The van der Waals surface area contributed by atoms with Crippen molar-refractivity contribution in [3.05, 3.63) is 0 Å². The Kier molecular flexibility index (Phi) is 1.25. The molecular formula is C5H7Cl2F. The van der Waals surface area contributed by atoms with Crippen LogP contribution in [0.15, 0.2) is 0 Å². The Hall–Kier alpha value is 0.510. The van der Waals surface area contributed by atoms with E-state index in [1.54, 1.807) is 6.92 Å². The first kappa shape index (κ1) is 6.63. The van der Waals surface area contributed by atoms with Gasteiger partial charge in [-0.1, -0.05) is 18.5 Å². The third kappa shape index (κ3) is 0.725. The molecule has 0 nitrogen and oxygen atoms in total. The van der Waals surface area contributed by atoms with Crippen LogP contribution in [-0.4, -0.2) is 11.0 Å². The molecule has 0 N–H and O–H groups in total. The summed E-state index contributed by atoms with van der Waals surface area (Å²) in [5.74, 6) is 0.313. The van der Waals surface area contributed by atoms with Crippen LogP contribution in [0.2, 0.25) is 0 Å². The molecule has 1 saturated carbocycles. The molecular weight excluding hydrogens is 150 g/mol. The summed E-state index contributed by atoms with van der Waals surface area (Å²) in [5, 5.41) is -1.51. The fraction of sp³-hybridized carbons (Fsp3) is 1.00. The SMILES string of the molecule is CC1(CCl)CC1(F)Cl. The second kappa shape index (κ2) is 1.51. The first-order valence-corrected chi connectivity index (χ1v) is 3.37. The van der Waals surface area contributed by atoms with Gasteiger partial charge in [0.15, 0.2) is 5.13 Å². The molecule has 8 heavy (non-hydrogen) atoms. The summed E-state index contributed by atoms with van der Waals surface area (Å²) in [5.41, 5.74) is -0.448. The maximum atomic E-state index is 12.5. The highest BCUT2D eigenvalue weighted by Gasteiger charge is 2.64. The Morgan fingerprint density at radius 1 is 1.75 bits per heavy atom. The van der Waals surface area contributed by atoms with E-state index in [0.29, 0.717) is 12.3 Å². The molecule has 0 aromatic carbocycles. The van der Waals surface area contributed by atoms with Gasteiger partial charge in [0.2, 0.25) is 0 Å². The molecule has 1 fully saturated rings. The fourth-order valence-electron chi connectivity index (χ4n) is 0.591. The van der Waals surface area contributed by atoms with E-state index < -0.39 is 10.5 Å². The standard InChI is InChI=1S/C5H7Cl2F/c1-4(3-6)2-5(4,7)8/h2-3H2,1H3. The molecule has 2 unspecified atom stereocenters. The topological polar surface area (TPSA) is 0 Å². The van der Waals surface area contributed by atoms with Crippen molar-refractivity contribution in [3.63, 3.8) is 0 Å². The molecule has 2 atom stereocenters. The van der Waals surface area contributed by atoms with Crippen molar-refractivity contribution in [1.29, 1.82) is 0 Å². The van der Waals surface area contributed by atoms with Gasteiger partial charge in [-0.25, -0.2) is 4.39 Å².